The van der Waals surface area contributed by atoms with E-state index in [0.29, 0.717) is 19.3 Å². The number of esters is 3. The first kappa shape index (κ1) is 85.5. The van der Waals surface area contributed by atoms with Crippen LogP contribution in [-0.4, -0.2) is 95.9 Å². The summed E-state index contributed by atoms with van der Waals surface area (Å²) in [5.74, 6) is -1.59. The summed E-state index contributed by atoms with van der Waals surface area (Å²) in [6, 6.07) is 0. The van der Waals surface area contributed by atoms with Crippen LogP contribution in [0.4, 0.5) is 0 Å². The van der Waals surface area contributed by atoms with Crippen molar-refractivity contribution in [1.82, 2.24) is 0 Å². The normalized spacial score (nSPS) is 14.8. The van der Waals surface area contributed by atoms with Crippen LogP contribution in [0.2, 0.25) is 0 Å². The second-order valence-corrected chi connectivity index (χ2v) is 25.8. The second kappa shape index (κ2) is 64.6. The number of unbranched alkanes of at least 4 members (excludes halogenated alkanes) is 26. The van der Waals surface area contributed by atoms with Gasteiger partial charge < -0.3 is 34.2 Å². The van der Waals surface area contributed by atoms with Gasteiger partial charge in [0.15, 0.2) is 6.10 Å². The number of rotatable bonds is 65. The number of carbonyl (C=O) groups excluding carboxylic acids is 3. The zero-order chi connectivity index (χ0) is 65.3. The summed E-state index contributed by atoms with van der Waals surface area (Å²) < 4.78 is 60.9. The molecule has 0 amide bonds. The zero-order valence-electron chi connectivity index (χ0n) is 55.6. The zero-order valence-corrected chi connectivity index (χ0v) is 57.4. The van der Waals surface area contributed by atoms with Gasteiger partial charge in [-0.1, -0.05) is 259 Å². The Morgan fingerprint density at radius 2 is 0.596 bits per heavy atom. The molecule has 0 aliphatic heterocycles. The van der Waals surface area contributed by atoms with Crippen LogP contribution in [0.5, 0.6) is 0 Å². The largest absolute Gasteiger partial charge is 0.472 e. The molecule has 514 valence electrons. The van der Waals surface area contributed by atoms with Crippen molar-refractivity contribution in [3.05, 3.63) is 97.2 Å². The first-order valence-corrected chi connectivity index (χ1v) is 37.5. The molecule has 5 unspecified atom stereocenters. The number of aliphatic hydroxyl groups is 2. The monoisotopic (exact) mass is 1290 g/mol. The first-order chi connectivity index (χ1) is 43.2. The summed E-state index contributed by atoms with van der Waals surface area (Å²) in [5.41, 5.74) is 0. The molecule has 0 saturated heterocycles. The number of phosphoric acid groups is 2. The third kappa shape index (κ3) is 65.8. The summed E-state index contributed by atoms with van der Waals surface area (Å²) in [6.45, 7) is 2.43. The third-order valence-electron chi connectivity index (χ3n) is 14.3. The van der Waals surface area contributed by atoms with Gasteiger partial charge in [-0.25, -0.2) is 9.13 Å². The van der Waals surface area contributed by atoms with Crippen molar-refractivity contribution in [1.29, 1.82) is 0 Å². The highest BCUT2D eigenvalue weighted by Gasteiger charge is 2.29. The number of carbonyl (C=O) groups is 3. The number of phosphoric ester groups is 2. The van der Waals surface area contributed by atoms with Crippen LogP contribution >= 0.6 is 15.6 Å². The molecule has 0 rings (SSSR count). The van der Waals surface area contributed by atoms with Crippen molar-refractivity contribution in [3.63, 3.8) is 0 Å². The lowest BCUT2D eigenvalue weighted by molar-refractivity contribution is -0.161. The Bertz CT molecular complexity index is 2010. The van der Waals surface area contributed by atoms with Gasteiger partial charge in [-0.15, -0.1) is 0 Å². The average molecular weight is 1300 g/mol. The molecule has 4 N–H and O–H groups in total. The lowest BCUT2D eigenvalue weighted by Crippen LogP contribution is -2.30. The second-order valence-electron chi connectivity index (χ2n) is 22.9. The lowest BCUT2D eigenvalue weighted by atomic mass is 10.0. The topological polar surface area (TPSA) is 231 Å². The minimum Gasteiger partial charge on any atom is -0.463 e. The van der Waals surface area contributed by atoms with Gasteiger partial charge in [-0.2, -0.15) is 0 Å². The highest BCUT2D eigenvalue weighted by Crippen LogP contribution is 2.45. The molecule has 0 spiro atoms. The number of allylic oxidation sites excluding steroid dienone is 16. The molecule has 5 atom stereocenters. The van der Waals surface area contributed by atoms with E-state index in [4.69, 9.17) is 32.3 Å². The van der Waals surface area contributed by atoms with E-state index < -0.39 is 91.5 Å². The predicted octanol–water partition coefficient (Wildman–Crippen LogP) is 19.1. The fourth-order valence-electron chi connectivity index (χ4n) is 9.08. The van der Waals surface area contributed by atoms with Gasteiger partial charge in [0.05, 0.1) is 26.4 Å². The van der Waals surface area contributed by atoms with Crippen LogP contribution in [0.1, 0.15) is 278 Å². The maximum absolute atomic E-state index is 12.9. The van der Waals surface area contributed by atoms with E-state index in [0.717, 1.165) is 167 Å². The summed E-state index contributed by atoms with van der Waals surface area (Å²) in [4.78, 5) is 58.4. The van der Waals surface area contributed by atoms with Crippen LogP contribution in [0.3, 0.4) is 0 Å². The van der Waals surface area contributed by atoms with E-state index in [1.165, 1.54) is 51.4 Å². The minimum absolute atomic E-state index is 0.105. The SMILES string of the molecule is CC/C=C\C/C=C\C/C=C\C/C=C\C/C=C\CCCCCCCCCC(=O)OCC(O)COP(=O)(O)OCC(O)COP(=O)(O)OCC(COC(=O)CCCCCCCCC/C=C\C/C=C\C/C=C\CC)OC(=O)CCCCCCCCCCCCCCC. The van der Waals surface area contributed by atoms with Crippen LogP contribution in [-0.2, 0) is 55.8 Å². The molecule has 89 heavy (non-hydrogen) atoms. The molecule has 0 radical (unpaired) electrons. The van der Waals surface area contributed by atoms with Crippen molar-refractivity contribution in [2.75, 3.05) is 39.6 Å². The van der Waals surface area contributed by atoms with Gasteiger partial charge in [0.25, 0.3) is 0 Å². The number of aliphatic hydroxyl groups excluding tert-OH is 2. The van der Waals surface area contributed by atoms with Crippen molar-refractivity contribution in [3.8, 4) is 0 Å². The summed E-state index contributed by atoms with van der Waals surface area (Å²) in [6.07, 6.45) is 70.3. The summed E-state index contributed by atoms with van der Waals surface area (Å²) in [7, 11) is -9.77. The Balaban J connectivity index is 4.59. The van der Waals surface area contributed by atoms with Crippen molar-refractivity contribution in [2.24, 2.45) is 0 Å². The smallest absolute Gasteiger partial charge is 0.463 e. The standard InChI is InChI=1S/C71H124O16P2/c1-4-7-10-13-16-19-22-25-27-29-30-31-32-33-34-36-38-40-42-45-48-51-54-57-69(74)81-60-66(72)61-83-88(77,78)84-62-67(73)63-85-89(79,80)86-65-68(87-71(76)59-56-53-50-47-44-39-24-21-18-15-12-9-6-3)64-82-70(75)58-55-52-49-46-43-41-37-35-28-26-23-20-17-14-11-8-5-2/h7-8,10-11,16-17,19-20,25-28,30-31,33-34,66-68,72-73H,4-6,9,12-15,18,21-24,29,32,35-65H2,1-3H3,(H,77,78)(H,79,80)/b10-7-,11-8-,19-16-,20-17-,27-25-,28-26-,31-30-,34-33-. The molecule has 16 nitrogen and oxygen atoms in total. The molecule has 0 aliphatic carbocycles. The van der Waals surface area contributed by atoms with Gasteiger partial charge >= 0.3 is 33.6 Å². The number of hydrogen-bond acceptors (Lipinski definition) is 14. The van der Waals surface area contributed by atoms with E-state index in [-0.39, 0.29) is 19.3 Å². The highest BCUT2D eigenvalue weighted by molar-refractivity contribution is 7.47. The van der Waals surface area contributed by atoms with Gasteiger partial charge in [-0.05, 0) is 96.3 Å². The van der Waals surface area contributed by atoms with Crippen molar-refractivity contribution in [2.45, 2.75) is 296 Å². The van der Waals surface area contributed by atoms with Crippen LogP contribution in [0, 0.1) is 0 Å². The van der Waals surface area contributed by atoms with E-state index in [9.17, 15) is 43.5 Å². The average Bonchev–Trinajstić information content (AvgIpc) is 3.72. The minimum atomic E-state index is -4.92. The highest BCUT2D eigenvalue weighted by atomic mass is 31.2. The number of hydrogen-bond donors (Lipinski definition) is 4. The Kier molecular flexibility index (Phi) is 62.0. The molecule has 0 fully saturated rings. The van der Waals surface area contributed by atoms with Crippen molar-refractivity contribution < 1.29 is 75.8 Å². The third-order valence-corrected chi connectivity index (χ3v) is 16.2. The molecule has 0 aliphatic rings. The van der Waals surface area contributed by atoms with Gasteiger partial charge in [0.2, 0.25) is 0 Å². The molecule has 0 aromatic heterocycles. The van der Waals surface area contributed by atoms with Crippen LogP contribution in [0.25, 0.3) is 0 Å². The first-order valence-electron chi connectivity index (χ1n) is 34.5. The maximum Gasteiger partial charge on any atom is 0.472 e. The van der Waals surface area contributed by atoms with Gasteiger partial charge in [0.1, 0.15) is 25.4 Å². The predicted molar refractivity (Wildman–Crippen MR) is 362 cm³/mol. The van der Waals surface area contributed by atoms with Crippen molar-refractivity contribution >= 4 is 33.6 Å². The van der Waals surface area contributed by atoms with Gasteiger partial charge in [-0.3, -0.25) is 32.5 Å². The summed E-state index contributed by atoms with van der Waals surface area (Å²) in [5, 5.41) is 20.5. The van der Waals surface area contributed by atoms with E-state index >= 15 is 0 Å². The van der Waals surface area contributed by atoms with Crippen LogP contribution in [0.15, 0.2) is 97.2 Å². The Hall–Kier alpha value is -3.53. The quantitative estimate of drug-likeness (QED) is 0.0146. The Morgan fingerprint density at radius 3 is 0.944 bits per heavy atom. The molecule has 18 heteroatoms. The fraction of sp³-hybridized carbons (Fsp3) is 0.732. The fourth-order valence-corrected chi connectivity index (χ4v) is 10.7. The van der Waals surface area contributed by atoms with E-state index in [1.807, 2.05) is 0 Å². The molecular formula is C71H124O16P2. The Morgan fingerprint density at radius 1 is 0.326 bits per heavy atom. The number of ether oxygens (including phenoxy) is 3. The molecular weight excluding hydrogens is 1170 g/mol. The van der Waals surface area contributed by atoms with Gasteiger partial charge in [0, 0.05) is 19.3 Å². The van der Waals surface area contributed by atoms with Crippen LogP contribution < -0.4 is 0 Å². The maximum atomic E-state index is 12.9. The Labute approximate surface area is 539 Å². The molecule has 0 heterocycles. The lowest BCUT2D eigenvalue weighted by Gasteiger charge is -2.21. The van der Waals surface area contributed by atoms with E-state index in [2.05, 4.69) is 118 Å². The molecule has 0 saturated carbocycles. The molecule has 0 aromatic rings. The molecule has 0 aromatic carbocycles. The molecule has 0 bridgehead atoms. The summed E-state index contributed by atoms with van der Waals surface area (Å²) >= 11 is 0. The van der Waals surface area contributed by atoms with E-state index in [1.54, 1.807) is 0 Å².